The van der Waals surface area contributed by atoms with Crippen molar-refractivity contribution in [2.45, 2.75) is 49.6 Å². The topological polar surface area (TPSA) is 166 Å². The molecule has 0 aromatic rings. The van der Waals surface area contributed by atoms with Gasteiger partial charge in [-0.25, -0.2) is 4.79 Å². The fourth-order valence-electron chi connectivity index (χ4n) is 2.47. The number of carbonyl (C=O) groups excluding carboxylic acids is 1. The lowest BCUT2D eigenvalue weighted by Gasteiger charge is -2.46. The zero-order valence-electron chi connectivity index (χ0n) is 13.2. The van der Waals surface area contributed by atoms with Crippen LogP contribution in [-0.2, 0) is 19.1 Å². The van der Waals surface area contributed by atoms with Gasteiger partial charge in [-0.1, -0.05) is 6.08 Å². The minimum Gasteiger partial charge on any atom is -0.477 e. The van der Waals surface area contributed by atoms with Gasteiger partial charge in [-0.2, -0.15) is 0 Å². The molecule has 0 aromatic heterocycles. The van der Waals surface area contributed by atoms with E-state index in [1.54, 1.807) is 0 Å². The summed E-state index contributed by atoms with van der Waals surface area (Å²) in [6.07, 6.45) is -5.71. The summed E-state index contributed by atoms with van der Waals surface area (Å²) in [7, 11) is 0. The normalized spacial score (nSPS) is 32.6. The molecule has 0 aliphatic carbocycles. The number of aliphatic hydroxyl groups is 4. The molecule has 0 spiro atoms. The molecule has 1 amide bonds. The molecule has 6 N–H and O–H groups in total. The van der Waals surface area contributed by atoms with Gasteiger partial charge in [-0.3, -0.25) is 4.79 Å². The number of nitrogens with one attached hydrogen (secondary N) is 1. The molecule has 138 valence electrons. The number of hydrogen-bond acceptors (Lipinski definition) is 8. The third kappa shape index (κ3) is 4.50. The van der Waals surface area contributed by atoms with E-state index in [1.807, 2.05) is 0 Å². The highest BCUT2D eigenvalue weighted by molar-refractivity contribution is 5.76. The van der Waals surface area contributed by atoms with Crippen molar-refractivity contribution in [2.75, 3.05) is 13.2 Å². The van der Waals surface area contributed by atoms with Crippen LogP contribution >= 0.6 is 0 Å². The SMILES string of the molecule is C=CCO[C@]1(C(=O)O)C[C@H](O)[C@@H](NC(C)=O)[C@H]([C@H](O)[C@H](O)CO)O1. The van der Waals surface area contributed by atoms with Crippen LogP contribution in [-0.4, -0.2) is 86.9 Å². The lowest BCUT2D eigenvalue weighted by molar-refractivity contribution is -0.308. The number of ether oxygens (including phenoxy) is 2. The van der Waals surface area contributed by atoms with E-state index in [4.69, 9.17) is 14.6 Å². The van der Waals surface area contributed by atoms with Crippen molar-refractivity contribution >= 4 is 11.9 Å². The van der Waals surface area contributed by atoms with E-state index in [2.05, 4.69) is 11.9 Å². The Morgan fingerprint density at radius 2 is 2.12 bits per heavy atom. The highest BCUT2D eigenvalue weighted by Crippen LogP contribution is 2.33. The predicted molar refractivity (Wildman–Crippen MR) is 78.7 cm³/mol. The van der Waals surface area contributed by atoms with Crippen LogP contribution in [0.1, 0.15) is 13.3 Å². The molecule has 6 atom stereocenters. The standard InChI is InChI=1S/C14H23NO9/c1-3-4-23-14(13(21)22)5-8(18)10(15-7(2)17)12(24-14)11(20)9(19)6-16/h3,8-12,16,18-20H,1,4-6H2,2H3,(H,15,17)(H,21,22)/t8-,9+,10+,11+,12+,14+/m0/s1. The molecule has 0 radical (unpaired) electrons. The molecule has 1 saturated heterocycles. The molecule has 0 bridgehead atoms. The average molecular weight is 349 g/mol. The molecule has 10 nitrogen and oxygen atoms in total. The Balaban J connectivity index is 3.18. The quantitative estimate of drug-likeness (QED) is 0.256. The van der Waals surface area contributed by atoms with Crippen molar-refractivity contribution in [3.63, 3.8) is 0 Å². The molecule has 0 aromatic carbocycles. The summed E-state index contributed by atoms with van der Waals surface area (Å²) in [6, 6.07) is -1.21. The van der Waals surface area contributed by atoms with Crippen molar-refractivity contribution in [3.8, 4) is 0 Å². The minimum atomic E-state index is -2.30. The van der Waals surface area contributed by atoms with Gasteiger partial charge in [-0.15, -0.1) is 6.58 Å². The molecule has 1 heterocycles. The number of aliphatic hydroxyl groups excluding tert-OH is 4. The average Bonchev–Trinajstić information content (AvgIpc) is 2.53. The van der Waals surface area contributed by atoms with Crippen LogP contribution < -0.4 is 5.32 Å². The van der Waals surface area contributed by atoms with Gasteiger partial charge in [0, 0.05) is 13.3 Å². The molecule has 10 heteroatoms. The lowest BCUT2D eigenvalue weighted by Crippen LogP contribution is -2.67. The van der Waals surface area contributed by atoms with E-state index in [1.165, 1.54) is 6.08 Å². The number of carboxylic acid groups (broad SMARTS) is 1. The predicted octanol–water partition coefficient (Wildman–Crippen LogP) is -2.66. The van der Waals surface area contributed by atoms with Gasteiger partial charge in [-0.05, 0) is 0 Å². The number of amides is 1. The first-order valence-corrected chi connectivity index (χ1v) is 7.26. The number of carbonyl (C=O) groups is 2. The van der Waals surface area contributed by atoms with Crippen molar-refractivity contribution in [3.05, 3.63) is 12.7 Å². The van der Waals surface area contributed by atoms with E-state index in [0.717, 1.165) is 6.92 Å². The highest BCUT2D eigenvalue weighted by Gasteiger charge is 2.55. The van der Waals surface area contributed by atoms with Gasteiger partial charge in [0.05, 0.1) is 25.4 Å². The second-order valence-corrected chi connectivity index (χ2v) is 5.48. The Morgan fingerprint density at radius 3 is 2.58 bits per heavy atom. The maximum atomic E-state index is 11.6. The first kappa shape index (κ1) is 20.5. The van der Waals surface area contributed by atoms with Crippen LogP contribution in [0.5, 0.6) is 0 Å². The summed E-state index contributed by atoms with van der Waals surface area (Å²) < 4.78 is 10.5. The Kier molecular flexibility index (Phi) is 7.27. The van der Waals surface area contributed by atoms with Crippen molar-refractivity contribution < 1.29 is 44.6 Å². The first-order chi connectivity index (χ1) is 11.2. The van der Waals surface area contributed by atoms with Crippen LogP contribution in [0.2, 0.25) is 0 Å². The van der Waals surface area contributed by atoms with Gasteiger partial charge in [0.2, 0.25) is 5.91 Å². The maximum Gasteiger partial charge on any atom is 0.364 e. The van der Waals surface area contributed by atoms with Crippen LogP contribution in [0, 0.1) is 0 Å². The summed E-state index contributed by atoms with van der Waals surface area (Å²) in [6.45, 7) is 3.50. The Labute approximate surface area is 138 Å². The number of rotatable bonds is 8. The zero-order chi connectivity index (χ0) is 18.5. The number of aliphatic carboxylic acids is 1. The smallest absolute Gasteiger partial charge is 0.364 e. The van der Waals surface area contributed by atoms with Crippen LogP contribution in [0.3, 0.4) is 0 Å². The molecular formula is C14H23NO9. The fraction of sp³-hybridized carbons (Fsp3) is 0.714. The second-order valence-electron chi connectivity index (χ2n) is 5.48. The van der Waals surface area contributed by atoms with Gasteiger partial charge in [0.1, 0.15) is 18.3 Å². The van der Waals surface area contributed by atoms with Crippen molar-refractivity contribution in [1.29, 1.82) is 0 Å². The maximum absolute atomic E-state index is 11.6. The van der Waals surface area contributed by atoms with Gasteiger partial charge < -0.3 is 40.3 Å². The van der Waals surface area contributed by atoms with Crippen molar-refractivity contribution in [1.82, 2.24) is 5.32 Å². The summed E-state index contributed by atoms with van der Waals surface area (Å²) in [5.74, 6) is -4.42. The molecule has 24 heavy (non-hydrogen) atoms. The number of hydrogen-bond donors (Lipinski definition) is 6. The van der Waals surface area contributed by atoms with E-state index in [-0.39, 0.29) is 6.61 Å². The molecule has 1 fully saturated rings. The van der Waals surface area contributed by atoms with Gasteiger partial charge >= 0.3 is 5.97 Å². The van der Waals surface area contributed by atoms with E-state index >= 15 is 0 Å². The monoisotopic (exact) mass is 349 g/mol. The molecular weight excluding hydrogens is 326 g/mol. The van der Waals surface area contributed by atoms with E-state index < -0.39 is 61.1 Å². The number of carboxylic acids is 1. The summed E-state index contributed by atoms with van der Waals surface area (Å²) in [5.41, 5.74) is 0. The van der Waals surface area contributed by atoms with E-state index in [9.17, 15) is 30.0 Å². The summed E-state index contributed by atoms with van der Waals surface area (Å²) in [4.78, 5) is 22.9. The first-order valence-electron chi connectivity index (χ1n) is 7.26. The Morgan fingerprint density at radius 1 is 1.50 bits per heavy atom. The largest absolute Gasteiger partial charge is 0.477 e. The zero-order valence-corrected chi connectivity index (χ0v) is 13.2. The molecule has 1 aliphatic rings. The Bertz CT molecular complexity index is 471. The molecule has 1 aliphatic heterocycles. The van der Waals surface area contributed by atoms with E-state index in [0.29, 0.717) is 0 Å². The van der Waals surface area contributed by atoms with Gasteiger partial charge in [0.25, 0.3) is 5.79 Å². The summed E-state index contributed by atoms with van der Waals surface area (Å²) >= 11 is 0. The molecule has 0 unspecified atom stereocenters. The van der Waals surface area contributed by atoms with Gasteiger partial charge in [0.15, 0.2) is 0 Å². The third-order valence-corrected chi connectivity index (χ3v) is 3.62. The van der Waals surface area contributed by atoms with Crippen molar-refractivity contribution in [2.24, 2.45) is 0 Å². The second kappa shape index (κ2) is 8.51. The highest BCUT2D eigenvalue weighted by atomic mass is 16.7. The van der Waals surface area contributed by atoms with Crippen LogP contribution in [0.25, 0.3) is 0 Å². The fourth-order valence-corrected chi connectivity index (χ4v) is 2.47. The summed E-state index contributed by atoms with van der Waals surface area (Å²) in [5, 5.41) is 50.7. The van der Waals surface area contributed by atoms with Crippen LogP contribution in [0.15, 0.2) is 12.7 Å². The lowest BCUT2D eigenvalue weighted by atomic mass is 9.88. The molecule has 0 saturated carbocycles. The third-order valence-electron chi connectivity index (χ3n) is 3.62. The Hall–Kier alpha value is -1.56. The minimum absolute atomic E-state index is 0.213. The molecule has 1 rings (SSSR count). The van der Waals surface area contributed by atoms with Crippen LogP contribution in [0.4, 0.5) is 0 Å².